The van der Waals surface area contributed by atoms with Crippen LogP contribution in [0.1, 0.15) is 17.4 Å². The zero-order chi connectivity index (χ0) is 23.7. The highest BCUT2D eigenvalue weighted by Gasteiger charge is 2.32. The van der Waals surface area contributed by atoms with Gasteiger partial charge in [-0.15, -0.1) is 11.3 Å². The van der Waals surface area contributed by atoms with Crippen LogP contribution in [-0.4, -0.2) is 39.2 Å². The molecule has 4 aromatic rings. The first-order valence-corrected chi connectivity index (χ1v) is 12.1. The predicted octanol–water partition coefficient (Wildman–Crippen LogP) is 5.99. The Morgan fingerprint density at radius 3 is 2.71 bits per heavy atom. The molecule has 1 aliphatic rings. The molecule has 0 amide bonds. The Bertz CT molecular complexity index is 1310. The standard InChI is InChI=1S/C25H22ClN3O4S/c1-2-15-11-19(14-29-12-17(13-29)25(30)31)34-22(15)23-27-24(33-28-23)16-7-9-18(10-8-16)32-21-6-4-3-5-20(21)26/h3-11,17H,2,12-14H2,1H3,(H,30,31). The van der Waals surface area contributed by atoms with Crippen molar-refractivity contribution in [3.8, 4) is 33.7 Å². The Morgan fingerprint density at radius 1 is 1.24 bits per heavy atom. The molecule has 0 atom stereocenters. The topological polar surface area (TPSA) is 88.7 Å². The van der Waals surface area contributed by atoms with Crippen molar-refractivity contribution in [2.75, 3.05) is 13.1 Å². The summed E-state index contributed by atoms with van der Waals surface area (Å²) in [6.07, 6.45) is 0.849. The summed E-state index contributed by atoms with van der Waals surface area (Å²) in [5.41, 5.74) is 1.95. The molecule has 3 heterocycles. The second-order valence-corrected chi connectivity index (χ2v) is 9.67. The number of carbonyl (C=O) groups is 1. The molecule has 7 nitrogen and oxygen atoms in total. The Kier molecular flexibility index (Phi) is 6.36. The number of aromatic nitrogens is 2. The van der Waals surface area contributed by atoms with E-state index in [1.165, 1.54) is 4.88 Å². The summed E-state index contributed by atoms with van der Waals surface area (Å²) in [7, 11) is 0. The molecular formula is C25H22ClN3O4S. The first-order valence-electron chi connectivity index (χ1n) is 10.9. The zero-order valence-corrected chi connectivity index (χ0v) is 20.0. The lowest BCUT2D eigenvalue weighted by Gasteiger charge is -2.36. The van der Waals surface area contributed by atoms with Gasteiger partial charge in [0.15, 0.2) is 0 Å². The minimum absolute atomic E-state index is 0.258. The third-order valence-electron chi connectivity index (χ3n) is 5.72. The number of para-hydroxylation sites is 1. The highest BCUT2D eigenvalue weighted by Crippen LogP contribution is 2.35. The molecule has 2 aromatic carbocycles. The molecule has 0 spiro atoms. The monoisotopic (exact) mass is 495 g/mol. The summed E-state index contributed by atoms with van der Waals surface area (Å²) in [5, 5.41) is 13.8. The van der Waals surface area contributed by atoms with Gasteiger partial charge in [0.1, 0.15) is 11.5 Å². The van der Waals surface area contributed by atoms with Crippen LogP contribution in [0.5, 0.6) is 11.5 Å². The number of hydrogen-bond acceptors (Lipinski definition) is 7. The minimum atomic E-state index is -0.722. The maximum absolute atomic E-state index is 11.0. The van der Waals surface area contributed by atoms with Crippen molar-refractivity contribution in [1.82, 2.24) is 15.0 Å². The van der Waals surface area contributed by atoms with Gasteiger partial charge < -0.3 is 14.4 Å². The average molecular weight is 496 g/mol. The van der Waals surface area contributed by atoms with Crippen LogP contribution < -0.4 is 4.74 Å². The van der Waals surface area contributed by atoms with Gasteiger partial charge in [0, 0.05) is 30.1 Å². The van der Waals surface area contributed by atoms with Crippen LogP contribution in [0.4, 0.5) is 0 Å². The molecule has 174 valence electrons. The number of thiophene rings is 1. The number of benzene rings is 2. The summed E-state index contributed by atoms with van der Waals surface area (Å²) in [5.74, 6) is 1.26. The van der Waals surface area contributed by atoms with Crippen LogP contribution in [0.2, 0.25) is 5.02 Å². The van der Waals surface area contributed by atoms with Gasteiger partial charge in [-0.3, -0.25) is 9.69 Å². The second kappa shape index (κ2) is 9.58. The number of hydrogen-bond donors (Lipinski definition) is 1. The van der Waals surface area contributed by atoms with E-state index >= 15 is 0 Å². The molecule has 2 aromatic heterocycles. The number of carboxylic acids is 1. The quantitative estimate of drug-likeness (QED) is 0.321. The van der Waals surface area contributed by atoms with E-state index in [2.05, 4.69) is 28.0 Å². The number of carboxylic acid groups (broad SMARTS) is 1. The molecule has 0 bridgehead atoms. The normalized spacial score (nSPS) is 14.2. The molecule has 0 saturated carbocycles. The van der Waals surface area contributed by atoms with Crippen LogP contribution >= 0.6 is 22.9 Å². The Hall–Kier alpha value is -3.20. The van der Waals surface area contributed by atoms with Gasteiger partial charge in [-0.1, -0.05) is 35.8 Å². The van der Waals surface area contributed by atoms with E-state index in [4.69, 9.17) is 26.0 Å². The lowest BCUT2D eigenvalue weighted by molar-refractivity contribution is -0.147. The van der Waals surface area contributed by atoms with E-state index in [9.17, 15) is 4.79 Å². The number of aliphatic carboxylic acids is 1. The number of ether oxygens (including phenoxy) is 1. The first-order chi connectivity index (χ1) is 16.5. The Labute approximate surface area is 205 Å². The Balaban J connectivity index is 1.29. The molecule has 0 radical (unpaired) electrons. The summed E-state index contributed by atoms with van der Waals surface area (Å²) in [6.45, 7) is 4.01. The molecule has 9 heteroatoms. The minimum Gasteiger partial charge on any atom is -0.481 e. The molecule has 34 heavy (non-hydrogen) atoms. The van der Waals surface area contributed by atoms with Crippen molar-refractivity contribution in [3.63, 3.8) is 0 Å². The number of halogens is 1. The lowest BCUT2D eigenvalue weighted by atomic mass is 10.0. The van der Waals surface area contributed by atoms with Crippen LogP contribution in [0, 0.1) is 5.92 Å². The van der Waals surface area contributed by atoms with E-state index in [1.54, 1.807) is 17.4 Å². The number of aryl methyl sites for hydroxylation is 1. The van der Waals surface area contributed by atoms with Crippen molar-refractivity contribution in [3.05, 3.63) is 70.1 Å². The van der Waals surface area contributed by atoms with Crippen molar-refractivity contribution >= 4 is 28.9 Å². The summed E-state index contributed by atoms with van der Waals surface area (Å²) in [6, 6.07) is 16.9. The summed E-state index contributed by atoms with van der Waals surface area (Å²) in [4.78, 5) is 20.0. The molecule has 1 N–H and O–H groups in total. The van der Waals surface area contributed by atoms with Crippen LogP contribution in [0.25, 0.3) is 22.2 Å². The van der Waals surface area contributed by atoms with Crippen molar-refractivity contribution in [2.24, 2.45) is 5.92 Å². The highest BCUT2D eigenvalue weighted by molar-refractivity contribution is 7.15. The predicted molar refractivity (Wildman–Crippen MR) is 130 cm³/mol. The van der Waals surface area contributed by atoms with Gasteiger partial charge in [0.05, 0.1) is 15.8 Å². The maximum atomic E-state index is 11.0. The van der Waals surface area contributed by atoms with Crippen molar-refractivity contribution in [1.29, 1.82) is 0 Å². The van der Waals surface area contributed by atoms with Gasteiger partial charge in [0.2, 0.25) is 5.82 Å². The molecule has 0 unspecified atom stereocenters. The molecule has 1 saturated heterocycles. The van der Waals surface area contributed by atoms with Crippen molar-refractivity contribution < 1.29 is 19.2 Å². The van der Waals surface area contributed by atoms with Crippen LogP contribution in [0.3, 0.4) is 0 Å². The summed E-state index contributed by atoms with van der Waals surface area (Å²) < 4.78 is 11.4. The van der Waals surface area contributed by atoms with Crippen LogP contribution in [0.15, 0.2) is 59.1 Å². The largest absolute Gasteiger partial charge is 0.481 e. The highest BCUT2D eigenvalue weighted by atomic mass is 35.5. The Morgan fingerprint density at radius 2 is 2.00 bits per heavy atom. The lowest BCUT2D eigenvalue weighted by Crippen LogP contribution is -2.49. The molecular weight excluding hydrogens is 474 g/mol. The molecule has 5 rings (SSSR count). The maximum Gasteiger partial charge on any atom is 0.309 e. The van der Waals surface area contributed by atoms with E-state index < -0.39 is 5.97 Å². The fourth-order valence-corrected chi connectivity index (χ4v) is 5.24. The van der Waals surface area contributed by atoms with Gasteiger partial charge in [-0.05, 0) is 54.4 Å². The molecule has 1 fully saturated rings. The third kappa shape index (κ3) is 4.70. The van der Waals surface area contributed by atoms with Gasteiger partial charge >= 0.3 is 5.97 Å². The fourth-order valence-electron chi connectivity index (χ4n) is 3.84. The van der Waals surface area contributed by atoms with Gasteiger partial charge in [-0.2, -0.15) is 4.98 Å². The van der Waals surface area contributed by atoms with Crippen molar-refractivity contribution in [2.45, 2.75) is 19.9 Å². The fraction of sp³-hybridized carbons (Fsp3) is 0.240. The van der Waals surface area contributed by atoms with E-state index in [-0.39, 0.29) is 5.92 Å². The van der Waals surface area contributed by atoms with Gasteiger partial charge in [-0.25, -0.2) is 0 Å². The van der Waals surface area contributed by atoms with E-state index in [0.717, 1.165) is 29.0 Å². The summed E-state index contributed by atoms with van der Waals surface area (Å²) >= 11 is 7.79. The van der Waals surface area contributed by atoms with E-state index in [0.29, 0.717) is 41.3 Å². The van der Waals surface area contributed by atoms with Crippen LogP contribution in [-0.2, 0) is 17.8 Å². The third-order valence-corrected chi connectivity index (χ3v) is 7.19. The SMILES string of the molecule is CCc1cc(CN2CC(C(=O)O)C2)sc1-c1noc(-c2ccc(Oc3ccccc3Cl)cc2)n1. The smallest absolute Gasteiger partial charge is 0.309 e. The average Bonchev–Trinajstić information content (AvgIpc) is 3.45. The second-order valence-electron chi connectivity index (χ2n) is 8.13. The zero-order valence-electron chi connectivity index (χ0n) is 18.4. The first kappa shape index (κ1) is 22.6. The number of rotatable bonds is 8. The number of nitrogens with zero attached hydrogens (tertiary/aromatic N) is 3. The molecule has 0 aliphatic carbocycles. The van der Waals surface area contributed by atoms with Gasteiger partial charge in [0.25, 0.3) is 5.89 Å². The molecule has 1 aliphatic heterocycles. The number of likely N-dealkylation sites (tertiary alicyclic amines) is 1. The van der Waals surface area contributed by atoms with E-state index in [1.807, 2.05) is 42.5 Å².